The van der Waals surface area contributed by atoms with Gasteiger partial charge in [-0.3, -0.25) is 5.41 Å². The molecule has 0 unspecified atom stereocenters. The first-order valence-corrected chi connectivity index (χ1v) is 4.28. The summed E-state index contributed by atoms with van der Waals surface area (Å²) in [5, 5.41) is 23.1. The number of nitrogens with one attached hydrogen (secondary N) is 2. The molecule has 0 aromatic heterocycles. The molecule has 0 saturated heterocycles. The Morgan fingerprint density at radius 3 is 2.36 bits per heavy atom. The van der Waals surface area contributed by atoms with Crippen molar-refractivity contribution in [3.05, 3.63) is 11.6 Å². The van der Waals surface area contributed by atoms with Gasteiger partial charge in [-0.25, -0.2) is 8.78 Å². The predicted molar refractivity (Wildman–Crippen MR) is 51.5 cm³/mol. The molecular weight excluding hydrogens is 190 g/mol. The van der Waals surface area contributed by atoms with E-state index in [2.05, 4.69) is 0 Å². The van der Waals surface area contributed by atoms with Crippen LogP contribution in [0.2, 0.25) is 0 Å². The molecule has 0 bridgehead atoms. The van der Waals surface area contributed by atoms with E-state index in [1.54, 1.807) is 0 Å². The van der Waals surface area contributed by atoms with Crippen LogP contribution >= 0.6 is 0 Å². The van der Waals surface area contributed by atoms with Gasteiger partial charge in [0, 0.05) is 11.3 Å². The molecular formula is C9H14F2N2O. The van der Waals surface area contributed by atoms with Gasteiger partial charge in [-0.15, -0.1) is 0 Å². The molecule has 0 saturated carbocycles. The molecule has 0 aliphatic heterocycles. The van der Waals surface area contributed by atoms with Gasteiger partial charge in [0.2, 0.25) is 0 Å². The van der Waals surface area contributed by atoms with Crippen LogP contribution in [0.15, 0.2) is 11.6 Å². The number of hydrogen-bond acceptors (Lipinski definition) is 3. The van der Waals surface area contributed by atoms with E-state index in [9.17, 15) is 8.78 Å². The van der Waals surface area contributed by atoms with E-state index in [4.69, 9.17) is 15.9 Å². The quantitative estimate of drug-likeness (QED) is 0.569. The zero-order valence-corrected chi connectivity index (χ0v) is 7.98. The third kappa shape index (κ3) is 4.23. The third-order valence-corrected chi connectivity index (χ3v) is 1.62. The monoisotopic (exact) mass is 204 g/mol. The number of alkyl halides is 2. The summed E-state index contributed by atoms with van der Waals surface area (Å²) in [7, 11) is 0. The summed E-state index contributed by atoms with van der Waals surface area (Å²) in [5.41, 5.74) is -0.660. The van der Waals surface area contributed by atoms with Gasteiger partial charge in [-0.2, -0.15) is 0 Å². The number of hydrogen-bond donors (Lipinski definition) is 3. The maximum Gasteiger partial charge on any atom is 0.279 e. The molecule has 0 aliphatic carbocycles. The SMILES string of the molecule is CCCC(=N)/C(=C\C(=N)C(F)F)CO. The fraction of sp³-hybridized carbons (Fsp3) is 0.556. The lowest BCUT2D eigenvalue weighted by molar-refractivity contribution is 0.226. The summed E-state index contributed by atoms with van der Waals surface area (Å²) in [6.45, 7) is 1.37. The van der Waals surface area contributed by atoms with Crippen molar-refractivity contribution in [1.29, 1.82) is 10.8 Å². The normalized spacial score (nSPS) is 11.9. The van der Waals surface area contributed by atoms with Crippen LogP contribution in [0.5, 0.6) is 0 Å². The fourth-order valence-corrected chi connectivity index (χ4v) is 0.889. The Morgan fingerprint density at radius 2 is 2.00 bits per heavy atom. The van der Waals surface area contributed by atoms with Crippen molar-refractivity contribution in [2.45, 2.75) is 26.2 Å². The first-order chi connectivity index (χ1) is 6.52. The molecule has 3 N–H and O–H groups in total. The van der Waals surface area contributed by atoms with Crippen LogP contribution in [0.1, 0.15) is 19.8 Å². The summed E-state index contributed by atoms with van der Waals surface area (Å²) in [6.07, 6.45) is -0.866. The molecule has 0 aliphatic rings. The van der Waals surface area contributed by atoms with Crippen LogP contribution in [-0.2, 0) is 0 Å². The van der Waals surface area contributed by atoms with Gasteiger partial charge in [0.15, 0.2) is 0 Å². The van der Waals surface area contributed by atoms with Gasteiger partial charge in [0.05, 0.1) is 12.3 Å². The molecule has 0 amide bonds. The van der Waals surface area contributed by atoms with E-state index in [1.807, 2.05) is 6.92 Å². The molecule has 3 nitrogen and oxygen atoms in total. The molecule has 0 rings (SSSR count). The molecule has 0 aromatic carbocycles. The van der Waals surface area contributed by atoms with Crippen molar-refractivity contribution >= 4 is 11.4 Å². The predicted octanol–water partition coefficient (Wildman–Crippen LogP) is 2.01. The van der Waals surface area contributed by atoms with E-state index >= 15 is 0 Å². The molecule has 0 radical (unpaired) electrons. The van der Waals surface area contributed by atoms with Crippen molar-refractivity contribution in [3.63, 3.8) is 0 Å². The van der Waals surface area contributed by atoms with Crippen molar-refractivity contribution in [2.75, 3.05) is 6.61 Å². The van der Waals surface area contributed by atoms with E-state index in [0.717, 1.165) is 6.08 Å². The van der Waals surface area contributed by atoms with Gasteiger partial charge in [0.25, 0.3) is 6.43 Å². The second-order valence-corrected chi connectivity index (χ2v) is 2.81. The molecule has 80 valence electrons. The van der Waals surface area contributed by atoms with Crippen LogP contribution in [0, 0.1) is 10.8 Å². The minimum atomic E-state index is -2.86. The van der Waals surface area contributed by atoms with Gasteiger partial charge in [0.1, 0.15) is 0 Å². The Bertz CT molecular complexity index is 249. The molecule has 0 aromatic rings. The molecule has 0 heterocycles. The Labute approximate surface area is 81.5 Å². The van der Waals surface area contributed by atoms with E-state index in [1.165, 1.54) is 0 Å². The summed E-state index contributed by atoms with van der Waals surface area (Å²) < 4.78 is 23.9. The highest BCUT2D eigenvalue weighted by molar-refractivity contribution is 6.06. The van der Waals surface area contributed by atoms with Crippen molar-refractivity contribution in [2.24, 2.45) is 0 Å². The zero-order valence-electron chi connectivity index (χ0n) is 7.98. The standard InChI is InChI=1S/C9H14F2N2O/c1-2-3-7(12)6(5-14)4-8(13)9(10)11/h4,9,12-14H,2-3,5H2,1H3/b6-4-,12-7?,13-8?. The van der Waals surface area contributed by atoms with Crippen molar-refractivity contribution in [3.8, 4) is 0 Å². The van der Waals surface area contributed by atoms with Crippen LogP contribution < -0.4 is 0 Å². The minimum absolute atomic E-state index is 0.0946. The number of allylic oxidation sites excluding steroid dienone is 1. The average Bonchev–Trinajstić information content (AvgIpc) is 2.13. The van der Waals surface area contributed by atoms with Gasteiger partial charge in [-0.05, 0) is 12.5 Å². The van der Waals surface area contributed by atoms with Crippen LogP contribution in [-0.4, -0.2) is 29.6 Å². The second kappa shape index (κ2) is 6.37. The fourth-order valence-electron chi connectivity index (χ4n) is 0.889. The Kier molecular flexibility index (Phi) is 5.87. The number of rotatable bonds is 6. The van der Waals surface area contributed by atoms with Crippen molar-refractivity contribution in [1.82, 2.24) is 0 Å². The average molecular weight is 204 g/mol. The highest BCUT2D eigenvalue weighted by atomic mass is 19.3. The first kappa shape index (κ1) is 12.9. The van der Waals surface area contributed by atoms with Gasteiger partial charge >= 0.3 is 0 Å². The Hall–Kier alpha value is -1.10. The van der Waals surface area contributed by atoms with Crippen LogP contribution in [0.3, 0.4) is 0 Å². The van der Waals surface area contributed by atoms with Gasteiger partial charge < -0.3 is 10.5 Å². The van der Waals surface area contributed by atoms with Crippen molar-refractivity contribution < 1.29 is 13.9 Å². The molecule has 5 heteroatoms. The number of aliphatic hydroxyl groups is 1. The lowest BCUT2D eigenvalue weighted by Gasteiger charge is -2.05. The van der Waals surface area contributed by atoms with E-state index < -0.39 is 18.7 Å². The smallest absolute Gasteiger partial charge is 0.279 e. The molecule has 0 fully saturated rings. The lowest BCUT2D eigenvalue weighted by atomic mass is 10.1. The number of aliphatic hydroxyl groups excluding tert-OH is 1. The largest absolute Gasteiger partial charge is 0.392 e. The molecule has 14 heavy (non-hydrogen) atoms. The highest BCUT2D eigenvalue weighted by Crippen LogP contribution is 2.05. The van der Waals surface area contributed by atoms with Crippen LogP contribution in [0.4, 0.5) is 8.78 Å². The maximum atomic E-state index is 12.0. The maximum absolute atomic E-state index is 12.0. The molecule has 0 spiro atoms. The second-order valence-electron chi connectivity index (χ2n) is 2.81. The summed E-state index contributed by atoms with van der Waals surface area (Å²) in [5.74, 6) is 0. The van der Waals surface area contributed by atoms with E-state index in [-0.39, 0.29) is 11.3 Å². The van der Waals surface area contributed by atoms with E-state index in [0.29, 0.717) is 12.8 Å². The zero-order chi connectivity index (χ0) is 11.1. The van der Waals surface area contributed by atoms with Crippen LogP contribution in [0.25, 0.3) is 0 Å². The highest BCUT2D eigenvalue weighted by Gasteiger charge is 2.11. The number of halogens is 2. The summed E-state index contributed by atoms with van der Waals surface area (Å²) in [6, 6.07) is 0. The first-order valence-electron chi connectivity index (χ1n) is 4.28. The Morgan fingerprint density at radius 1 is 1.43 bits per heavy atom. The summed E-state index contributed by atoms with van der Waals surface area (Å²) >= 11 is 0. The summed E-state index contributed by atoms with van der Waals surface area (Å²) in [4.78, 5) is 0. The lowest BCUT2D eigenvalue weighted by Crippen LogP contribution is -2.12. The third-order valence-electron chi connectivity index (χ3n) is 1.62. The molecule has 0 atom stereocenters. The van der Waals surface area contributed by atoms with Gasteiger partial charge in [-0.1, -0.05) is 13.3 Å². The Balaban J connectivity index is 4.54. The topological polar surface area (TPSA) is 67.9 Å². The minimum Gasteiger partial charge on any atom is -0.392 e.